The van der Waals surface area contributed by atoms with E-state index >= 15 is 0 Å². The molecule has 0 spiro atoms. The van der Waals surface area contributed by atoms with Crippen LogP contribution < -0.4 is 0 Å². The first kappa shape index (κ1) is 21.4. The fraction of sp³-hybridized carbons (Fsp3) is 0.556. The molecule has 3 nitrogen and oxygen atoms in total. The Bertz CT molecular complexity index is 670. The Labute approximate surface area is 150 Å². The minimum atomic E-state index is -4.43. The maximum Gasteiger partial charge on any atom is 0.433 e. The molecule has 0 saturated heterocycles. The number of aryl methyl sites for hydroxylation is 1. The van der Waals surface area contributed by atoms with E-state index < -0.39 is 11.9 Å². The summed E-state index contributed by atoms with van der Waals surface area (Å²) in [5.41, 5.74) is -0.586. The molecule has 0 amide bonds. The van der Waals surface area contributed by atoms with Crippen LogP contribution in [0.4, 0.5) is 13.2 Å². The van der Waals surface area contributed by atoms with Crippen molar-refractivity contribution < 1.29 is 18.0 Å². The Kier molecular flexibility index (Phi) is 8.35. The van der Waals surface area contributed by atoms with Crippen molar-refractivity contribution in [2.24, 2.45) is 7.05 Å². The van der Waals surface area contributed by atoms with Crippen LogP contribution in [0.25, 0.3) is 10.6 Å². The molecule has 0 fully saturated rings. The molecule has 0 aliphatic carbocycles. The number of carbonyl (C=O) groups is 1. The molecule has 2 aromatic rings. The van der Waals surface area contributed by atoms with Gasteiger partial charge in [-0.25, -0.2) is 0 Å². The molecular formula is C18H25F3N2OS. The standard InChI is InChI=1S/C11H9F3N2OS.C7H16/c1-6(17)8-3-4-9(18-8)7-5-10(11(12,13)14)16(2)15-7;1-3-5-7-6-4-2/h3-5H,1-2H3;3-7H2,1-2H3. The van der Waals surface area contributed by atoms with Gasteiger partial charge in [0.25, 0.3) is 0 Å². The van der Waals surface area contributed by atoms with Gasteiger partial charge in [0, 0.05) is 7.05 Å². The number of thiophene rings is 1. The average molecular weight is 374 g/mol. The molecular weight excluding hydrogens is 349 g/mol. The Morgan fingerprint density at radius 1 is 1.16 bits per heavy atom. The number of nitrogens with zero attached hydrogens (tertiary/aromatic N) is 2. The minimum absolute atomic E-state index is 0.113. The van der Waals surface area contributed by atoms with Gasteiger partial charge < -0.3 is 0 Å². The lowest BCUT2D eigenvalue weighted by Gasteiger charge is -2.04. The SMILES string of the molecule is CC(=O)c1ccc(-c2cc(C(F)(F)F)n(C)n2)s1.CCCCCCC. The first-order chi connectivity index (χ1) is 11.7. The molecule has 0 radical (unpaired) electrons. The van der Waals surface area contributed by atoms with Crippen LogP contribution in [0.1, 0.15) is 68.2 Å². The van der Waals surface area contributed by atoms with Gasteiger partial charge in [-0.1, -0.05) is 46.0 Å². The van der Waals surface area contributed by atoms with E-state index in [1.54, 1.807) is 12.1 Å². The van der Waals surface area contributed by atoms with Crippen LogP contribution in [-0.2, 0) is 13.2 Å². The predicted molar refractivity (Wildman–Crippen MR) is 96.0 cm³/mol. The number of hydrogen-bond acceptors (Lipinski definition) is 3. The van der Waals surface area contributed by atoms with E-state index in [-0.39, 0.29) is 11.5 Å². The lowest BCUT2D eigenvalue weighted by Crippen LogP contribution is -2.11. The molecule has 0 aliphatic heterocycles. The van der Waals surface area contributed by atoms with Gasteiger partial charge >= 0.3 is 6.18 Å². The van der Waals surface area contributed by atoms with E-state index in [4.69, 9.17) is 0 Å². The molecule has 7 heteroatoms. The van der Waals surface area contributed by atoms with Crippen molar-refractivity contribution >= 4 is 17.1 Å². The lowest BCUT2D eigenvalue weighted by molar-refractivity contribution is -0.143. The molecule has 2 heterocycles. The molecule has 140 valence electrons. The topological polar surface area (TPSA) is 34.9 Å². The van der Waals surface area contributed by atoms with E-state index in [9.17, 15) is 18.0 Å². The summed E-state index contributed by atoms with van der Waals surface area (Å²) in [7, 11) is 1.24. The zero-order valence-corrected chi connectivity index (χ0v) is 15.9. The van der Waals surface area contributed by atoms with Gasteiger partial charge in [0.15, 0.2) is 5.78 Å². The van der Waals surface area contributed by atoms with Gasteiger partial charge in [0.1, 0.15) is 11.4 Å². The molecule has 0 unspecified atom stereocenters. The predicted octanol–water partition coefficient (Wildman–Crippen LogP) is 6.35. The first-order valence-corrected chi connectivity index (χ1v) is 9.24. The van der Waals surface area contributed by atoms with Crippen LogP contribution in [0, 0.1) is 0 Å². The highest BCUT2D eigenvalue weighted by Crippen LogP contribution is 2.34. The van der Waals surface area contributed by atoms with Crippen molar-refractivity contribution in [3.8, 4) is 10.6 Å². The second-order valence-corrected chi connectivity index (χ2v) is 6.90. The van der Waals surface area contributed by atoms with E-state index in [1.165, 1.54) is 46.1 Å². The summed E-state index contributed by atoms with van der Waals surface area (Å²) in [6, 6.07) is 4.17. The zero-order valence-electron chi connectivity index (χ0n) is 15.1. The third-order valence-electron chi connectivity index (χ3n) is 3.58. The lowest BCUT2D eigenvalue weighted by atomic mass is 10.2. The summed E-state index contributed by atoms with van der Waals surface area (Å²) in [5.74, 6) is -0.113. The van der Waals surface area contributed by atoms with Crippen LogP contribution in [0.3, 0.4) is 0 Å². The third kappa shape index (κ3) is 6.65. The smallest absolute Gasteiger partial charge is 0.294 e. The van der Waals surface area contributed by atoms with E-state index in [2.05, 4.69) is 18.9 Å². The number of carbonyl (C=O) groups excluding carboxylic acids is 1. The van der Waals surface area contributed by atoms with Crippen molar-refractivity contribution in [3.05, 3.63) is 28.8 Å². The van der Waals surface area contributed by atoms with Crippen molar-refractivity contribution in [2.75, 3.05) is 0 Å². The number of rotatable bonds is 6. The summed E-state index contributed by atoms with van der Waals surface area (Å²) >= 11 is 1.13. The van der Waals surface area contributed by atoms with Crippen molar-refractivity contribution in [1.29, 1.82) is 0 Å². The Balaban J connectivity index is 0.000000381. The molecule has 25 heavy (non-hydrogen) atoms. The first-order valence-electron chi connectivity index (χ1n) is 8.43. The van der Waals surface area contributed by atoms with Crippen LogP contribution in [-0.4, -0.2) is 15.6 Å². The number of aromatic nitrogens is 2. The molecule has 2 rings (SSSR count). The van der Waals surface area contributed by atoms with Gasteiger partial charge in [-0.15, -0.1) is 11.3 Å². The summed E-state index contributed by atoms with van der Waals surface area (Å²) < 4.78 is 38.6. The van der Waals surface area contributed by atoms with Gasteiger partial charge in [0.05, 0.1) is 9.75 Å². The molecule has 0 atom stereocenters. The largest absolute Gasteiger partial charge is 0.433 e. The zero-order chi connectivity index (χ0) is 19.0. The van der Waals surface area contributed by atoms with Gasteiger partial charge in [-0.2, -0.15) is 18.3 Å². The minimum Gasteiger partial charge on any atom is -0.294 e. The molecule has 0 bridgehead atoms. The van der Waals surface area contributed by atoms with Crippen LogP contribution >= 0.6 is 11.3 Å². The number of alkyl halides is 3. The number of unbranched alkanes of at least 4 members (excludes halogenated alkanes) is 4. The monoisotopic (exact) mass is 374 g/mol. The average Bonchev–Trinajstić information content (AvgIpc) is 3.14. The summed E-state index contributed by atoms with van der Waals surface area (Å²) in [6.45, 7) is 5.90. The third-order valence-corrected chi connectivity index (χ3v) is 4.79. The van der Waals surface area contributed by atoms with Crippen molar-refractivity contribution in [1.82, 2.24) is 9.78 Å². The maximum absolute atomic E-state index is 12.6. The Morgan fingerprint density at radius 2 is 1.76 bits per heavy atom. The molecule has 0 aliphatic rings. The van der Waals surface area contributed by atoms with Crippen LogP contribution in [0.5, 0.6) is 0 Å². The van der Waals surface area contributed by atoms with Gasteiger partial charge in [-0.3, -0.25) is 9.48 Å². The second kappa shape index (κ2) is 9.75. The number of halogens is 3. The Hall–Kier alpha value is -1.63. The van der Waals surface area contributed by atoms with Gasteiger partial charge in [0.2, 0.25) is 0 Å². The molecule has 0 saturated carbocycles. The molecule has 2 aromatic heterocycles. The summed E-state index contributed by atoms with van der Waals surface area (Å²) in [5, 5.41) is 3.82. The van der Waals surface area contributed by atoms with E-state index in [0.29, 0.717) is 9.75 Å². The highest BCUT2D eigenvalue weighted by molar-refractivity contribution is 7.17. The Morgan fingerprint density at radius 3 is 2.16 bits per heavy atom. The van der Waals surface area contributed by atoms with Crippen LogP contribution in [0.15, 0.2) is 18.2 Å². The van der Waals surface area contributed by atoms with E-state index in [0.717, 1.165) is 22.1 Å². The number of Topliss-reactive ketones (excluding diaryl/α,β-unsaturated/α-hetero) is 1. The highest BCUT2D eigenvalue weighted by atomic mass is 32.1. The number of hydrogen-bond donors (Lipinski definition) is 0. The van der Waals surface area contributed by atoms with Gasteiger partial charge in [-0.05, 0) is 25.1 Å². The number of ketones is 1. The highest BCUT2D eigenvalue weighted by Gasteiger charge is 2.35. The van der Waals surface area contributed by atoms with Crippen molar-refractivity contribution in [3.63, 3.8) is 0 Å². The fourth-order valence-electron chi connectivity index (χ4n) is 2.19. The molecule has 0 N–H and O–H groups in total. The van der Waals surface area contributed by atoms with Crippen molar-refractivity contribution in [2.45, 2.75) is 59.1 Å². The maximum atomic E-state index is 12.6. The second-order valence-electron chi connectivity index (χ2n) is 5.82. The quantitative estimate of drug-likeness (QED) is 0.436. The summed E-state index contributed by atoms with van der Waals surface area (Å²) in [6.07, 6.45) is 2.58. The molecule has 0 aromatic carbocycles. The van der Waals surface area contributed by atoms with E-state index in [1.807, 2.05) is 0 Å². The normalized spacial score (nSPS) is 11.2. The summed E-state index contributed by atoms with van der Waals surface area (Å²) in [4.78, 5) is 12.2. The van der Waals surface area contributed by atoms with Crippen LogP contribution in [0.2, 0.25) is 0 Å². The fourth-order valence-corrected chi connectivity index (χ4v) is 3.05.